The molecule has 0 bridgehead atoms. The van der Waals surface area contributed by atoms with Crippen molar-refractivity contribution in [3.05, 3.63) is 29.1 Å². The van der Waals surface area contributed by atoms with Gasteiger partial charge < -0.3 is 4.74 Å². The Morgan fingerprint density at radius 3 is 2.25 bits per heavy atom. The molecule has 132 valence electrons. The van der Waals surface area contributed by atoms with Gasteiger partial charge in [-0.3, -0.25) is 0 Å². The van der Waals surface area contributed by atoms with Crippen LogP contribution in [-0.2, 0) is 6.42 Å². The maximum atomic E-state index is 14.4. The van der Waals surface area contributed by atoms with Gasteiger partial charge in [0.1, 0.15) is 6.10 Å². The van der Waals surface area contributed by atoms with E-state index in [4.69, 9.17) is 4.74 Å². The fourth-order valence-corrected chi connectivity index (χ4v) is 5.45. The second kappa shape index (κ2) is 7.06. The van der Waals surface area contributed by atoms with Crippen LogP contribution in [0.3, 0.4) is 0 Å². The predicted molar refractivity (Wildman–Crippen MR) is 95.9 cm³/mol. The van der Waals surface area contributed by atoms with E-state index in [1.54, 1.807) is 0 Å². The average molecular weight is 330 g/mol. The lowest BCUT2D eigenvalue weighted by Crippen LogP contribution is -2.35. The molecular weight excluding hydrogens is 299 g/mol. The largest absolute Gasteiger partial charge is 0.487 e. The van der Waals surface area contributed by atoms with E-state index >= 15 is 0 Å². The molecule has 1 aromatic rings. The molecule has 0 spiro atoms. The van der Waals surface area contributed by atoms with Crippen LogP contribution in [0.25, 0.3) is 0 Å². The maximum Gasteiger partial charge on any atom is 0.168 e. The number of hydrogen-bond donors (Lipinski definition) is 0. The van der Waals surface area contributed by atoms with E-state index in [9.17, 15) is 4.39 Å². The zero-order valence-electron chi connectivity index (χ0n) is 15.0. The molecular formula is C22H31FO. The zero-order valence-corrected chi connectivity index (χ0v) is 15.0. The Kier molecular flexibility index (Phi) is 4.83. The van der Waals surface area contributed by atoms with E-state index < -0.39 is 0 Å². The Balaban J connectivity index is 1.37. The van der Waals surface area contributed by atoms with Gasteiger partial charge in [0, 0.05) is 0 Å². The van der Waals surface area contributed by atoms with Crippen molar-refractivity contribution >= 4 is 0 Å². The molecule has 0 aromatic heterocycles. The summed E-state index contributed by atoms with van der Waals surface area (Å²) < 4.78 is 20.6. The lowest BCUT2D eigenvalue weighted by molar-refractivity contribution is 0.0597. The molecule has 0 saturated heterocycles. The summed E-state index contributed by atoms with van der Waals surface area (Å²) in [5.74, 6) is 3.01. The van der Waals surface area contributed by atoms with Crippen LogP contribution in [0.15, 0.2) is 12.1 Å². The smallest absolute Gasteiger partial charge is 0.168 e. The van der Waals surface area contributed by atoms with Crippen molar-refractivity contribution in [3.63, 3.8) is 0 Å². The lowest BCUT2D eigenvalue weighted by Gasteiger charge is -2.39. The van der Waals surface area contributed by atoms with E-state index in [1.807, 2.05) is 19.1 Å². The molecule has 1 aliphatic heterocycles. The summed E-state index contributed by atoms with van der Waals surface area (Å²) in [7, 11) is 0. The van der Waals surface area contributed by atoms with Crippen LogP contribution >= 0.6 is 0 Å². The number of benzene rings is 1. The van der Waals surface area contributed by atoms with Crippen molar-refractivity contribution in [1.29, 1.82) is 0 Å². The minimum Gasteiger partial charge on any atom is -0.487 e. The maximum absolute atomic E-state index is 14.4. The van der Waals surface area contributed by atoms with Gasteiger partial charge in [-0.05, 0) is 74.3 Å². The molecule has 1 heterocycles. The number of ether oxygens (including phenoxy) is 1. The molecule has 1 nitrogen and oxygen atoms in total. The SMILES string of the molecule is Cc1ccc2c(c1F)OC(C1CCC(C3CCCCC3)CC1)CC2. The Labute approximate surface area is 146 Å². The molecule has 0 amide bonds. The number of fused-ring (bicyclic) bond motifs is 1. The highest BCUT2D eigenvalue weighted by atomic mass is 19.1. The molecule has 4 rings (SSSR count). The van der Waals surface area contributed by atoms with Crippen molar-refractivity contribution in [2.45, 2.75) is 83.7 Å². The van der Waals surface area contributed by atoms with Gasteiger partial charge in [-0.1, -0.05) is 44.2 Å². The predicted octanol–water partition coefficient (Wildman–Crippen LogP) is 6.21. The normalized spacial score (nSPS) is 31.3. The minimum atomic E-state index is -0.131. The molecule has 3 aliphatic rings. The van der Waals surface area contributed by atoms with Crippen LogP contribution in [0.2, 0.25) is 0 Å². The first-order chi connectivity index (χ1) is 11.7. The first-order valence-corrected chi connectivity index (χ1v) is 10.2. The second-order valence-electron chi connectivity index (χ2n) is 8.45. The number of aryl methyl sites for hydroxylation is 2. The third-order valence-electron chi connectivity index (χ3n) is 7.00. The first-order valence-electron chi connectivity index (χ1n) is 10.2. The molecule has 24 heavy (non-hydrogen) atoms. The van der Waals surface area contributed by atoms with Gasteiger partial charge in [-0.15, -0.1) is 0 Å². The van der Waals surface area contributed by atoms with Crippen molar-refractivity contribution in [2.75, 3.05) is 0 Å². The zero-order chi connectivity index (χ0) is 16.5. The highest BCUT2D eigenvalue weighted by Gasteiger charge is 2.35. The van der Waals surface area contributed by atoms with Crippen molar-refractivity contribution in [1.82, 2.24) is 0 Å². The minimum absolute atomic E-state index is 0.131. The summed E-state index contributed by atoms with van der Waals surface area (Å²) in [4.78, 5) is 0. The average Bonchev–Trinajstić information content (AvgIpc) is 2.65. The van der Waals surface area contributed by atoms with Crippen LogP contribution in [0.5, 0.6) is 5.75 Å². The van der Waals surface area contributed by atoms with E-state index in [0.29, 0.717) is 17.2 Å². The van der Waals surface area contributed by atoms with Crippen molar-refractivity contribution in [3.8, 4) is 5.75 Å². The molecule has 0 radical (unpaired) electrons. The molecule has 1 aromatic carbocycles. The van der Waals surface area contributed by atoms with E-state index in [-0.39, 0.29) is 11.9 Å². The van der Waals surface area contributed by atoms with E-state index in [0.717, 1.165) is 30.2 Å². The van der Waals surface area contributed by atoms with Crippen molar-refractivity contribution in [2.24, 2.45) is 17.8 Å². The van der Waals surface area contributed by atoms with Crippen LogP contribution in [0.1, 0.15) is 75.3 Å². The van der Waals surface area contributed by atoms with Gasteiger partial charge in [-0.2, -0.15) is 0 Å². The highest BCUT2D eigenvalue weighted by molar-refractivity contribution is 5.40. The van der Waals surface area contributed by atoms with Crippen LogP contribution in [0.4, 0.5) is 4.39 Å². The summed E-state index contributed by atoms with van der Waals surface area (Å²) >= 11 is 0. The summed E-state index contributed by atoms with van der Waals surface area (Å²) in [5.41, 5.74) is 1.76. The summed E-state index contributed by atoms with van der Waals surface area (Å²) in [5, 5.41) is 0. The molecule has 1 unspecified atom stereocenters. The molecule has 0 N–H and O–H groups in total. The second-order valence-corrected chi connectivity index (χ2v) is 8.45. The monoisotopic (exact) mass is 330 g/mol. The van der Waals surface area contributed by atoms with Crippen LogP contribution in [0, 0.1) is 30.5 Å². The fraction of sp³-hybridized carbons (Fsp3) is 0.727. The van der Waals surface area contributed by atoms with E-state index in [1.165, 1.54) is 57.8 Å². The standard InChI is InChI=1S/C22H31FO/c1-15-7-8-19-13-14-20(24-22(19)21(15)23)18-11-9-17(10-12-18)16-5-3-2-4-6-16/h7-8,16-18,20H,2-6,9-14H2,1H3. The highest BCUT2D eigenvalue weighted by Crippen LogP contribution is 2.43. The molecule has 2 fully saturated rings. The first kappa shape index (κ1) is 16.4. The van der Waals surface area contributed by atoms with Crippen LogP contribution in [-0.4, -0.2) is 6.10 Å². The van der Waals surface area contributed by atoms with Crippen molar-refractivity contribution < 1.29 is 9.13 Å². The summed E-state index contributed by atoms with van der Waals surface area (Å²) in [6, 6.07) is 3.93. The van der Waals surface area contributed by atoms with Gasteiger partial charge in [0.25, 0.3) is 0 Å². The molecule has 1 atom stereocenters. The Hall–Kier alpha value is -1.05. The third-order valence-corrected chi connectivity index (χ3v) is 7.00. The number of halogens is 1. The summed E-state index contributed by atoms with van der Waals surface area (Å²) in [6.07, 6.45) is 14.9. The number of hydrogen-bond acceptors (Lipinski definition) is 1. The molecule has 2 heteroatoms. The lowest BCUT2D eigenvalue weighted by atomic mass is 9.69. The Morgan fingerprint density at radius 1 is 0.833 bits per heavy atom. The topological polar surface area (TPSA) is 9.23 Å². The van der Waals surface area contributed by atoms with Gasteiger partial charge >= 0.3 is 0 Å². The van der Waals surface area contributed by atoms with Gasteiger partial charge in [0.2, 0.25) is 0 Å². The Bertz CT molecular complexity index is 568. The quantitative estimate of drug-likeness (QED) is 0.626. The van der Waals surface area contributed by atoms with Crippen LogP contribution < -0.4 is 4.74 Å². The van der Waals surface area contributed by atoms with Gasteiger partial charge in [0.05, 0.1) is 0 Å². The van der Waals surface area contributed by atoms with Gasteiger partial charge in [-0.25, -0.2) is 4.39 Å². The number of rotatable bonds is 2. The Morgan fingerprint density at radius 2 is 1.50 bits per heavy atom. The van der Waals surface area contributed by atoms with E-state index in [2.05, 4.69) is 0 Å². The summed E-state index contributed by atoms with van der Waals surface area (Å²) in [6.45, 7) is 1.83. The molecule has 2 saturated carbocycles. The molecule has 2 aliphatic carbocycles. The third kappa shape index (κ3) is 3.21. The fourth-order valence-electron chi connectivity index (χ4n) is 5.45. The van der Waals surface area contributed by atoms with Gasteiger partial charge in [0.15, 0.2) is 11.6 Å².